The minimum atomic E-state index is -3.41. The monoisotopic (exact) mass is 388 g/mol. The first-order chi connectivity index (χ1) is 13.2. The highest BCUT2D eigenvalue weighted by Crippen LogP contribution is 2.23. The number of nitrogens with zero attached hydrogens (tertiary/aromatic N) is 2. The van der Waals surface area contributed by atoms with Gasteiger partial charge in [0.25, 0.3) is 5.91 Å². The minimum absolute atomic E-state index is 0.336. The van der Waals surface area contributed by atoms with E-state index in [9.17, 15) is 13.6 Å². The van der Waals surface area contributed by atoms with Crippen molar-refractivity contribution >= 4 is 5.91 Å². The molecule has 5 nitrogen and oxygen atoms in total. The van der Waals surface area contributed by atoms with Crippen molar-refractivity contribution in [2.75, 3.05) is 13.1 Å². The Kier molecular flexibility index (Phi) is 6.05. The number of fused-ring (bicyclic) bond motifs is 1. The molecule has 1 aromatic carbocycles. The Balaban J connectivity index is 1.60. The largest absolute Gasteiger partial charge is 0.344 e. The van der Waals surface area contributed by atoms with Crippen molar-refractivity contribution in [3.05, 3.63) is 64.5 Å². The SMILES string of the molecule is CC(C)c1cnc2c(c1)CN(Cc1ccc(C(=O)NCC(N)(F)F)cc1)CC2. The minimum Gasteiger partial charge on any atom is -0.344 e. The van der Waals surface area contributed by atoms with E-state index < -0.39 is 18.5 Å². The maximum Gasteiger partial charge on any atom is 0.317 e. The summed E-state index contributed by atoms with van der Waals surface area (Å²) in [5.74, 6) is -0.109. The fourth-order valence-corrected chi connectivity index (χ4v) is 3.27. The number of amides is 1. The molecule has 150 valence electrons. The molecule has 0 bridgehead atoms. The molecule has 0 unspecified atom stereocenters. The lowest BCUT2D eigenvalue weighted by molar-refractivity contribution is 0.00922. The molecule has 0 fully saturated rings. The first kappa shape index (κ1) is 20.4. The molecule has 1 aliphatic heterocycles. The highest BCUT2D eigenvalue weighted by atomic mass is 19.3. The first-order valence-corrected chi connectivity index (χ1v) is 9.45. The second kappa shape index (κ2) is 8.32. The van der Waals surface area contributed by atoms with Gasteiger partial charge in [0, 0.05) is 43.5 Å². The van der Waals surface area contributed by atoms with Gasteiger partial charge in [0.1, 0.15) is 0 Å². The Morgan fingerprint density at radius 1 is 1.32 bits per heavy atom. The van der Waals surface area contributed by atoms with Crippen molar-refractivity contribution in [1.82, 2.24) is 15.2 Å². The Hall–Kier alpha value is -2.38. The zero-order valence-electron chi connectivity index (χ0n) is 16.2. The number of pyridine rings is 1. The predicted octanol–water partition coefficient (Wildman–Crippen LogP) is 3.04. The molecule has 0 spiro atoms. The molecule has 3 rings (SSSR count). The standard InChI is InChI=1S/C21H26F2N4O/c1-14(2)17-9-18-12-27(8-7-19(18)25-10-17)11-15-3-5-16(6-4-15)20(28)26-13-21(22,23)24/h3-6,9-10,14H,7-8,11-13,24H2,1-2H3,(H,26,28). The van der Waals surface area contributed by atoms with E-state index >= 15 is 0 Å². The van der Waals surface area contributed by atoms with Crippen LogP contribution in [0.25, 0.3) is 0 Å². The van der Waals surface area contributed by atoms with Crippen LogP contribution in [0.3, 0.4) is 0 Å². The fourth-order valence-electron chi connectivity index (χ4n) is 3.27. The molecule has 0 atom stereocenters. The van der Waals surface area contributed by atoms with Crippen molar-refractivity contribution in [3.8, 4) is 0 Å². The number of alkyl halides is 2. The van der Waals surface area contributed by atoms with E-state index in [2.05, 4.69) is 40.8 Å². The lowest BCUT2D eigenvalue weighted by Crippen LogP contribution is -2.42. The summed E-state index contributed by atoms with van der Waals surface area (Å²) in [6.45, 7) is 5.97. The lowest BCUT2D eigenvalue weighted by Gasteiger charge is -2.28. The molecular weight excluding hydrogens is 362 g/mol. The van der Waals surface area contributed by atoms with Crippen molar-refractivity contribution in [2.24, 2.45) is 5.73 Å². The van der Waals surface area contributed by atoms with Crippen LogP contribution in [-0.2, 0) is 19.5 Å². The predicted molar refractivity (Wildman–Crippen MR) is 104 cm³/mol. The number of nitrogens with one attached hydrogen (secondary N) is 1. The van der Waals surface area contributed by atoms with Gasteiger partial charge < -0.3 is 5.32 Å². The third-order valence-electron chi connectivity index (χ3n) is 4.91. The maximum atomic E-state index is 12.7. The van der Waals surface area contributed by atoms with Crippen LogP contribution in [0.1, 0.15) is 52.5 Å². The number of carbonyl (C=O) groups is 1. The average molecular weight is 388 g/mol. The third-order valence-corrected chi connectivity index (χ3v) is 4.91. The van der Waals surface area contributed by atoms with E-state index in [1.54, 1.807) is 12.1 Å². The molecule has 2 heterocycles. The van der Waals surface area contributed by atoms with Gasteiger partial charge in [0.15, 0.2) is 0 Å². The van der Waals surface area contributed by atoms with E-state index in [0.717, 1.165) is 31.6 Å². The number of aromatic nitrogens is 1. The van der Waals surface area contributed by atoms with Gasteiger partial charge in [-0.15, -0.1) is 0 Å². The summed E-state index contributed by atoms with van der Waals surface area (Å²) >= 11 is 0. The normalized spacial score (nSPS) is 14.8. The molecule has 0 aliphatic carbocycles. The van der Waals surface area contributed by atoms with Crippen molar-refractivity contribution in [1.29, 1.82) is 0 Å². The zero-order valence-corrected chi connectivity index (χ0v) is 16.2. The molecule has 2 aromatic rings. The summed E-state index contributed by atoms with van der Waals surface area (Å²) < 4.78 is 25.3. The molecular formula is C21H26F2N4O. The summed E-state index contributed by atoms with van der Waals surface area (Å²) in [7, 11) is 0. The van der Waals surface area contributed by atoms with E-state index in [1.807, 2.05) is 18.3 Å². The number of benzene rings is 1. The number of rotatable bonds is 6. The first-order valence-electron chi connectivity index (χ1n) is 9.45. The van der Waals surface area contributed by atoms with E-state index in [0.29, 0.717) is 11.5 Å². The van der Waals surface area contributed by atoms with Crippen LogP contribution in [0.5, 0.6) is 0 Å². The van der Waals surface area contributed by atoms with Crippen molar-refractivity contribution in [2.45, 2.75) is 45.3 Å². The van der Waals surface area contributed by atoms with Crippen LogP contribution in [-0.4, -0.2) is 34.9 Å². The zero-order chi connectivity index (χ0) is 20.3. The molecule has 0 radical (unpaired) electrons. The van der Waals surface area contributed by atoms with Crippen LogP contribution in [0.4, 0.5) is 8.78 Å². The number of nitrogens with two attached hydrogens (primary N) is 1. The molecule has 3 N–H and O–H groups in total. The van der Waals surface area contributed by atoms with Gasteiger partial charge in [-0.3, -0.25) is 20.4 Å². The molecule has 1 aliphatic rings. The molecule has 0 saturated carbocycles. The van der Waals surface area contributed by atoms with Crippen LogP contribution >= 0.6 is 0 Å². The van der Waals surface area contributed by atoms with Gasteiger partial charge in [0.2, 0.25) is 0 Å². The topological polar surface area (TPSA) is 71.2 Å². The Bertz CT molecular complexity index is 831. The van der Waals surface area contributed by atoms with Crippen molar-refractivity contribution in [3.63, 3.8) is 0 Å². The molecule has 7 heteroatoms. The number of carbonyl (C=O) groups excluding carboxylic acids is 1. The lowest BCUT2D eigenvalue weighted by atomic mass is 9.98. The van der Waals surface area contributed by atoms with Crippen LogP contribution in [0.2, 0.25) is 0 Å². The number of halogens is 2. The molecule has 28 heavy (non-hydrogen) atoms. The van der Waals surface area contributed by atoms with Crippen LogP contribution in [0, 0.1) is 0 Å². The number of hydrogen-bond donors (Lipinski definition) is 2. The quantitative estimate of drug-likeness (QED) is 0.746. The number of hydrogen-bond acceptors (Lipinski definition) is 4. The Morgan fingerprint density at radius 2 is 2.04 bits per heavy atom. The second-order valence-corrected chi connectivity index (χ2v) is 7.63. The van der Waals surface area contributed by atoms with Gasteiger partial charge in [-0.25, -0.2) is 0 Å². The van der Waals surface area contributed by atoms with E-state index in [4.69, 9.17) is 0 Å². The molecule has 1 aromatic heterocycles. The van der Waals surface area contributed by atoms with E-state index in [-0.39, 0.29) is 0 Å². The fraction of sp³-hybridized carbons (Fsp3) is 0.429. The maximum absolute atomic E-state index is 12.7. The molecule has 0 saturated heterocycles. The van der Waals surface area contributed by atoms with Gasteiger partial charge in [-0.2, -0.15) is 8.78 Å². The van der Waals surface area contributed by atoms with Gasteiger partial charge in [-0.05, 0) is 34.7 Å². The van der Waals surface area contributed by atoms with Gasteiger partial charge in [-0.1, -0.05) is 32.0 Å². The third kappa shape index (κ3) is 5.33. The smallest absolute Gasteiger partial charge is 0.317 e. The van der Waals surface area contributed by atoms with Gasteiger partial charge >= 0.3 is 6.05 Å². The van der Waals surface area contributed by atoms with Crippen LogP contribution < -0.4 is 11.1 Å². The summed E-state index contributed by atoms with van der Waals surface area (Å²) in [5.41, 5.74) is 9.69. The highest BCUT2D eigenvalue weighted by molar-refractivity contribution is 5.94. The summed E-state index contributed by atoms with van der Waals surface area (Å²) in [4.78, 5) is 18.9. The highest BCUT2D eigenvalue weighted by Gasteiger charge is 2.23. The van der Waals surface area contributed by atoms with E-state index in [1.165, 1.54) is 16.8 Å². The van der Waals surface area contributed by atoms with Crippen molar-refractivity contribution < 1.29 is 13.6 Å². The average Bonchev–Trinajstić information content (AvgIpc) is 2.65. The van der Waals surface area contributed by atoms with Crippen LogP contribution in [0.15, 0.2) is 36.5 Å². The summed E-state index contributed by atoms with van der Waals surface area (Å²) in [5, 5.41) is 2.13. The Labute approximate surface area is 163 Å². The Morgan fingerprint density at radius 3 is 2.68 bits per heavy atom. The molecule has 1 amide bonds. The van der Waals surface area contributed by atoms with Gasteiger partial charge in [0.05, 0.1) is 6.54 Å². The summed E-state index contributed by atoms with van der Waals surface area (Å²) in [6, 6.07) is 5.84. The summed E-state index contributed by atoms with van der Waals surface area (Å²) in [6.07, 6.45) is 2.89. The second-order valence-electron chi connectivity index (χ2n) is 7.63.